The van der Waals surface area contributed by atoms with Gasteiger partial charge in [0.15, 0.2) is 0 Å². The summed E-state index contributed by atoms with van der Waals surface area (Å²) in [6, 6.07) is 19.5. The zero-order valence-corrected chi connectivity index (χ0v) is 12.2. The molecule has 21 heavy (non-hydrogen) atoms. The predicted octanol–water partition coefficient (Wildman–Crippen LogP) is 3.94. The molecule has 0 aliphatic carbocycles. The molecule has 2 aromatic rings. The minimum Gasteiger partial charge on any atom is -0.326 e. The Morgan fingerprint density at radius 3 is 2.10 bits per heavy atom. The van der Waals surface area contributed by atoms with Gasteiger partial charge in [-0.25, -0.2) is 0 Å². The average Bonchev–Trinajstić information content (AvgIpc) is 2.50. The van der Waals surface area contributed by atoms with Crippen LogP contribution in [0.25, 0.3) is 0 Å². The molecule has 0 aromatic heterocycles. The highest BCUT2D eigenvalue weighted by atomic mass is 16.1. The van der Waals surface area contributed by atoms with Gasteiger partial charge in [-0.1, -0.05) is 56.3 Å². The van der Waals surface area contributed by atoms with E-state index in [1.165, 1.54) is 0 Å². The maximum absolute atomic E-state index is 11.6. The Balaban J connectivity index is 2.18. The van der Waals surface area contributed by atoms with Gasteiger partial charge in [-0.2, -0.15) is 5.26 Å². The normalized spacial score (nSPS) is 11.7. The van der Waals surface area contributed by atoms with Gasteiger partial charge in [0, 0.05) is 11.6 Å². The number of nitriles is 1. The summed E-state index contributed by atoms with van der Waals surface area (Å²) in [7, 11) is 0. The first-order valence-corrected chi connectivity index (χ1v) is 6.97. The molecule has 3 heteroatoms. The van der Waals surface area contributed by atoms with Crippen molar-refractivity contribution in [3.63, 3.8) is 0 Å². The second kappa shape index (κ2) is 6.71. The lowest BCUT2D eigenvalue weighted by Gasteiger charge is -2.12. The zero-order chi connectivity index (χ0) is 15.2. The molecule has 0 aliphatic rings. The van der Waals surface area contributed by atoms with Gasteiger partial charge in [-0.05, 0) is 23.3 Å². The van der Waals surface area contributed by atoms with E-state index in [-0.39, 0.29) is 17.7 Å². The quantitative estimate of drug-likeness (QED) is 0.921. The van der Waals surface area contributed by atoms with Crippen LogP contribution in [-0.4, -0.2) is 5.91 Å². The van der Waals surface area contributed by atoms with Gasteiger partial charge in [-0.3, -0.25) is 4.79 Å². The van der Waals surface area contributed by atoms with Crippen molar-refractivity contribution in [1.29, 1.82) is 5.26 Å². The van der Waals surface area contributed by atoms with E-state index in [0.29, 0.717) is 0 Å². The summed E-state index contributed by atoms with van der Waals surface area (Å²) in [6.45, 7) is 3.70. The second-order valence-corrected chi connectivity index (χ2v) is 5.24. The molecule has 0 fully saturated rings. The number of rotatable bonds is 4. The van der Waals surface area contributed by atoms with Crippen LogP contribution in [0.5, 0.6) is 0 Å². The highest BCUT2D eigenvalue weighted by Crippen LogP contribution is 2.25. The van der Waals surface area contributed by atoms with Gasteiger partial charge in [-0.15, -0.1) is 0 Å². The lowest BCUT2D eigenvalue weighted by atomic mass is 9.92. The van der Waals surface area contributed by atoms with Crippen LogP contribution in [0, 0.1) is 17.2 Å². The number of anilines is 1. The van der Waals surface area contributed by atoms with E-state index >= 15 is 0 Å². The highest BCUT2D eigenvalue weighted by molar-refractivity contribution is 5.92. The Morgan fingerprint density at radius 2 is 1.57 bits per heavy atom. The number of hydrogen-bond acceptors (Lipinski definition) is 2. The Kier molecular flexibility index (Phi) is 4.73. The Morgan fingerprint density at radius 1 is 1.00 bits per heavy atom. The first-order chi connectivity index (χ1) is 10.1. The SMILES string of the molecule is CC(C)C(=O)Nc1ccc(C(C#N)c2ccccc2)cc1. The lowest BCUT2D eigenvalue weighted by Crippen LogP contribution is -2.17. The fraction of sp³-hybridized carbons (Fsp3) is 0.222. The summed E-state index contributed by atoms with van der Waals surface area (Å²) in [5.74, 6) is -0.357. The van der Waals surface area contributed by atoms with Crippen LogP contribution in [0.3, 0.4) is 0 Å². The first kappa shape index (κ1) is 14.8. The van der Waals surface area contributed by atoms with Gasteiger partial charge >= 0.3 is 0 Å². The molecule has 1 amide bonds. The smallest absolute Gasteiger partial charge is 0.226 e. The number of amides is 1. The van der Waals surface area contributed by atoms with E-state index in [0.717, 1.165) is 16.8 Å². The fourth-order valence-corrected chi connectivity index (χ4v) is 2.03. The summed E-state index contributed by atoms with van der Waals surface area (Å²) in [6.07, 6.45) is 0. The standard InChI is InChI=1S/C18H18N2O/c1-13(2)18(21)20-16-10-8-15(9-11-16)17(12-19)14-6-4-3-5-7-14/h3-11,13,17H,1-2H3,(H,20,21). The Labute approximate surface area is 125 Å². The topological polar surface area (TPSA) is 52.9 Å². The van der Waals surface area contributed by atoms with E-state index < -0.39 is 0 Å². The van der Waals surface area contributed by atoms with Gasteiger partial charge in [0.2, 0.25) is 5.91 Å². The third-order valence-corrected chi connectivity index (χ3v) is 3.30. The third-order valence-electron chi connectivity index (χ3n) is 3.30. The van der Waals surface area contributed by atoms with Crippen molar-refractivity contribution in [1.82, 2.24) is 0 Å². The highest BCUT2D eigenvalue weighted by Gasteiger charge is 2.13. The van der Waals surface area contributed by atoms with Crippen molar-refractivity contribution in [3.05, 3.63) is 65.7 Å². The largest absolute Gasteiger partial charge is 0.326 e. The lowest BCUT2D eigenvalue weighted by molar-refractivity contribution is -0.118. The van der Waals surface area contributed by atoms with E-state index in [1.807, 2.05) is 68.4 Å². The molecule has 2 aromatic carbocycles. The van der Waals surface area contributed by atoms with E-state index in [2.05, 4.69) is 11.4 Å². The summed E-state index contributed by atoms with van der Waals surface area (Å²) < 4.78 is 0. The summed E-state index contributed by atoms with van der Waals surface area (Å²) in [4.78, 5) is 11.6. The molecule has 106 valence electrons. The van der Waals surface area contributed by atoms with Crippen molar-refractivity contribution in [2.45, 2.75) is 19.8 Å². The van der Waals surface area contributed by atoms with Crippen molar-refractivity contribution >= 4 is 11.6 Å². The van der Waals surface area contributed by atoms with Gasteiger partial charge in [0.25, 0.3) is 0 Å². The molecule has 0 spiro atoms. The van der Waals surface area contributed by atoms with Crippen molar-refractivity contribution in [2.75, 3.05) is 5.32 Å². The van der Waals surface area contributed by atoms with Crippen molar-refractivity contribution < 1.29 is 4.79 Å². The molecule has 0 heterocycles. The van der Waals surface area contributed by atoms with Gasteiger partial charge in [0.05, 0.1) is 12.0 Å². The first-order valence-electron chi connectivity index (χ1n) is 6.97. The number of carbonyl (C=O) groups excluding carboxylic acids is 1. The van der Waals surface area contributed by atoms with Gasteiger partial charge < -0.3 is 5.32 Å². The van der Waals surface area contributed by atoms with Crippen LogP contribution < -0.4 is 5.32 Å². The molecule has 0 aliphatic heterocycles. The maximum atomic E-state index is 11.6. The molecule has 1 atom stereocenters. The molecule has 0 saturated heterocycles. The van der Waals surface area contributed by atoms with Crippen LogP contribution in [0.2, 0.25) is 0 Å². The van der Waals surface area contributed by atoms with E-state index in [4.69, 9.17) is 0 Å². The van der Waals surface area contributed by atoms with Crippen molar-refractivity contribution in [2.24, 2.45) is 5.92 Å². The predicted molar refractivity (Wildman–Crippen MR) is 83.8 cm³/mol. The fourth-order valence-electron chi connectivity index (χ4n) is 2.03. The molecular weight excluding hydrogens is 260 g/mol. The second-order valence-electron chi connectivity index (χ2n) is 5.24. The maximum Gasteiger partial charge on any atom is 0.226 e. The molecule has 0 saturated carbocycles. The average molecular weight is 278 g/mol. The van der Waals surface area contributed by atoms with Gasteiger partial charge in [0.1, 0.15) is 0 Å². The Bertz CT molecular complexity index is 639. The molecule has 3 nitrogen and oxygen atoms in total. The molecular formula is C18H18N2O. The zero-order valence-electron chi connectivity index (χ0n) is 12.2. The Hall–Kier alpha value is -2.60. The van der Waals surface area contributed by atoms with Crippen molar-refractivity contribution in [3.8, 4) is 6.07 Å². The number of benzene rings is 2. The number of nitrogens with one attached hydrogen (secondary N) is 1. The molecule has 2 rings (SSSR count). The molecule has 1 unspecified atom stereocenters. The minimum atomic E-state index is -0.291. The monoisotopic (exact) mass is 278 g/mol. The van der Waals surface area contributed by atoms with E-state index in [1.54, 1.807) is 0 Å². The van der Waals surface area contributed by atoms with E-state index in [9.17, 15) is 10.1 Å². The summed E-state index contributed by atoms with van der Waals surface area (Å²) in [5, 5.41) is 12.2. The molecule has 0 bridgehead atoms. The van der Waals surface area contributed by atoms with Crippen LogP contribution in [-0.2, 0) is 4.79 Å². The number of nitrogens with zero attached hydrogens (tertiary/aromatic N) is 1. The molecule has 0 radical (unpaired) electrons. The summed E-state index contributed by atoms with van der Waals surface area (Å²) in [5.41, 5.74) is 2.65. The van der Waals surface area contributed by atoms with Crippen LogP contribution in [0.15, 0.2) is 54.6 Å². The summed E-state index contributed by atoms with van der Waals surface area (Å²) >= 11 is 0. The molecule has 1 N–H and O–H groups in total. The number of hydrogen-bond donors (Lipinski definition) is 1. The minimum absolute atomic E-state index is 0.0114. The third kappa shape index (κ3) is 3.70. The van der Waals surface area contributed by atoms with Crippen LogP contribution >= 0.6 is 0 Å². The number of carbonyl (C=O) groups is 1. The van der Waals surface area contributed by atoms with Crippen LogP contribution in [0.1, 0.15) is 30.9 Å². The van der Waals surface area contributed by atoms with Crippen LogP contribution in [0.4, 0.5) is 5.69 Å².